The summed E-state index contributed by atoms with van der Waals surface area (Å²) >= 11 is 0. The Morgan fingerprint density at radius 1 is 1.19 bits per heavy atom. The molecule has 0 fully saturated rings. The van der Waals surface area contributed by atoms with Crippen LogP contribution < -0.4 is 4.74 Å². The minimum absolute atomic E-state index is 0.265. The van der Waals surface area contributed by atoms with Crippen molar-refractivity contribution in [1.82, 2.24) is 14.8 Å². The second-order valence-corrected chi connectivity index (χ2v) is 4.64. The van der Waals surface area contributed by atoms with Gasteiger partial charge in [0.15, 0.2) is 0 Å². The number of nitrogens with zero attached hydrogens (tertiary/aromatic N) is 3. The highest BCUT2D eigenvalue weighted by molar-refractivity contribution is 5.58. The lowest BCUT2D eigenvalue weighted by Gasteiger charge is -2.04. The first-order valence-electron chi connectivity index (χ1n) is 6.52. The molecule has 1 aromatic carbocycles. The van der Waals surface area contributed by atoms with Crippen molar-refractivity contribution < 1.29 is 9.13 Å². The van der Waals surface area contributed by atoms with E-state index in [2.05, 4.69) is 10.1 Å². The fourth-order valence-electron chi connectivity index (χ4n) is 2.10. The number of ether oxygens (including phenoxy) is 1. The van der Waals surface area contributed by atoms with E-state index in [0.717, 1.165) is 16.8 Å². The van der Waals surface area contributed by atoms with Gasteiger partial charge < -0.3 is 4.74 Å². The number of rotatable bonds is 4. The molecular weight excluding hydrogens is 269 g/mol. The normalized spacial score (nSPS) is 10.6. The maximum atomic E-state index is 13.2. The standard InChI is InChI=1S/C16H14FN3O/c1-21-15-7-12(9-18-10-15)11-20-6-5-16(19-20)13-3-2-4-14(17)8-13/h2-10H,11H2,1H3. The monoisotopic (exact) mass is 283 g/mol. The lowest BCUT2D eigenvalue weighted by Crippen LogP contribution is -2.01. The van der Waals surface area contributed by atoms with Gasteiger partial charge in [-0.15, -0.1) is 0 Å². The van der Waals surface area contributed by atoms with Crippen molar-refractivity contribution in [3.05, 3.63) is 66.4 Å². The fourth-order valence-corrected chi connectivity index (χ4v) is 2.10. The molecule has 0 aliphatic heterocycles. The molecule has 21 heavy (non-hydrogen) atoms. The van der Waals surface area contributed by atoms with Crippen molar-refractivity contribution in [1.29, 1.82) is 0 Å². The van der Waals surface area contributed by atoms with Gasteiger partial charge in [-0.3, -0.25) is 9.67 Å². The maximum absolute atomic E-state index is 13.2. The Labute approximate surface area is 121 Å². The van der Waals surface area contributed by atoms with E-state index in [1.54, 1.807) is 30.3 Å². The van der Waals surface area contributed by atoms with Crippen molar-refractivity contribution in [2.24, 2.45) is 0 Å². The fraction of sp³-hybridized carbons (Fsp3) is 0.125. The molecule has 5 heteroatoms. The van der Waals surface area contributed by atoms with Crippen molar-refractivity contribution in [2.75, 3.05) is 7.11 Å². The maximum Gasteiger partial charge on any atom is 0.137 e. The van der Waals surface area contributed by atoms with Crippen LogP contribution in [-0.2, 0) is 6.54 Å². The zero-order valence-electron chi connectivity index (χ0n) is 11.5. The highest BCUT2D eigenvalue weighted by Crippen LogP contribution is 2.18. The molecule has 2 heterocycles. The average molecular weight is 283 g/mol. The first-order chi connectivity index (χ1) is 10.2. The third-order valence-corrected chi connectivity index (χ3v) is 3.11. The summed E-state index contributed by atoms with van der Waals surface area (Å²) < 4.78 is 20.2. The molecule has 0 aliphatic carbocycles. The minimum Gasteiger partial charge on any atom is -0.495 e. The van der Waals surface area contributed by atoms with Gasteiger partial charge in [-0.05, 0) is 29.8 Å². The van der Waals surface area contributed by atoms with E-state index in [4.69, 9.17) is 4.74 Å². The predicted molar refractivity (Wildman–Crippen MR) is 77.5 cm³/mol. The first-order valence-corrected chi connectivity index (χ1v) is 6.52. The zero-order chi connectivity index (χ0) is 14.7. The summed E-state index contributed by atoms with van der Waals surface area (Å²) in [6, 6.07) is 10.2. The molecule has 0 bridgehead atoms. The van der Waals surface area contributed by atoms with Crippen molar-refractivity contribution >= 4 is 0 Å². The molecule has 0 unspecified atom stereocenters. The molecule has 0 aliphatic rings. The molecule has 3 aromatic rings. The second-order valence-electron chi connectivity index (χ2n) is 4.64. The number of methoxy groups -OCH3 is 1. The summed E-state index contributed by atoms with van der Waals surface area (Å²) in [7, 11) is 1.61. The Morgan fingerprint density at radius 3 is 2.90 bits per heavy atom. The molecule has 3 rings (SSSR count). The van der Waals surface area contributed by atoms with E-state index in [-0.39, 0.29) is 5.82 Å². The van der Waals surface area contributed by atoms with Crippen LogP contribution in [0, 0.1) is 5.82 Å². The van der Waals surface area contributed by atoms with Crippen LogP contribution in [0.4, 0.5) is 4.39 Å². The van der Waals surface area contributed by atoms with Gasteiger partial charge in [0.25, 0.3) is 0 Å². The largest absolute Gasteiger partial charge is 0.495 e. The Hall–Kier alpha value is -2.69. The van der Waals surface area contributed by atoms with Crippen LogP contribution in [-0.4, -0.2) is 21.9 Å². The highest BCUT2D eigenvalue weighted by Gasteiger charge is 2.05. The molecule has 0 spiro atoms. The molecule has 0 atom stereocenters. The van der Waals surface area contributed by atoms with Crippen LogP contribution in [0.5, 0.6) is 5.75 Å². The summed E-state index contributed by atoms with van der Waals surface area (Å²) in [6.07, 6.45) is 5.29. The highest BCUT2D eigenvalue weighted by atomic mass is 19.1. The molecule has 0 N–H and O–H groups in total. The summed E-state index contributed by atoms with van der Waals surface area (Å²) in [4.78, 5) is 4.11. The molecule has 4 nitrogen and oxygen atoms in total. The molecule has 0 saturated heterocycles. The van der Waals surface area contributed by atoms with Gasteiger partial charge in [0.05, 0.1) is 25.5 Å². The number of benzene rings is 1. The van der Waals surface area contributed by atoms with E-state index in [1.165, 1.54) is 12.1 Å². The summed E-state index contributed by atoms with van der Waals surface area (Å²) in [5.74, 6) is 0.448. The Kier molecular flexibility index (Phi) is 3.64. The van der Waals surface area contributed by atoms with Crippen molar-refractivity contribution in [3.8, 4) is 17.0 Å². The lowest BCUT2D eigenvalue weighted by molar-refractivity contribution is 0.412. The number of hydrogen-bond donors (Lipinski definition) is 0. The van der Waals surface area contributed by atoms with E-state index >= 15 is 0 Å². The van der Waals surface area contributed by atoms with Gasteiger partial charge >= 0.3 is 0 Å². The summed E-state index contributed by atoms with van der Waals surface area (Å²) in [5, 5.41) is 4.45. The van der Waals surface area contributed by atoms with Crippen LogP contribution in [0.25, 0.3) is 11.3 Å². The van der Waals surface area contributed by atoms with Gasteiger partial charge in [0.1, 0.15) is 11.6 Å². The Balaban J connectivity index is 1.81. The van der Waals surface area contributed by atoms with Crippen LogP contribution >= 0.6 is 0 Å². The average Bonchev–Trinajstić information content (AvgIpc) is 2.96. The molecule has 2 aromatic heterocycles. The van der Waals surface area contributed by atoms with Crippen LogP contribution in [0.3, 0.4) is 0 Å². The van der Waals surface area contributed by atoms with Gasteiger partial charge in [-0.25, -0.2) is 4.39 Å². The van der Waals surface area contributed by atoms with Crippen LogP contribution in [0.15, 0.2) is 55.0 Å². The van der Waals surface area contributed by atoms with Crippen LogP contribution in [0.2, 0.25) is 0 Å². The summed E-state index contributed by atoms with van der Waals surface area (Å²) in [6.45, 7) is 0.583. The molecule has 0 amide bonds. The first kappa shape index (κ1) is 13.3. The number of halogens is 1. The summed E-state index contributed by atoms with van der Waals surface area (Å²) in [5.41, 5.74) is 2.49. The van der Waals surface area contributed by atoms with E-state index < -0.39 is 0 Å². The zero-order valence-corrected chi connectivity index (χ0v) is 11.5. The Bertz CT molecular complexity index is 755. The smallest absolute Gasteiger partial charge is 0.137 e. The van der Waals surface area contributed by atoms with Gasteiger partial charge in [-0.1, -0.05) is 12.1 Å². The van der Waals surface area contributed by atoms with Gasteiger partial charge in [0.2, 0.25) is 0 Å². The predicted octanol–water partition coefficient (Wildman–Crippen LogP) is 3.14. The third-order valence-electron chi connectivity index (χ3n) is 3.11. The van der Waals surface area contributed by atoms with E-state index in [1.807, 2.05) is 24.4 Å². The molecule has 0 radical (unpaired) electrons. The lowest BCUT2D eigenvalue weighted by atomic mass is 10.1. The quantitative estimate of drug-likeness (QED) is 0.738. The van der Waals surface area contributed by atoms with Crippen molar-refractivity contribution in [2.45, 2.75) is 6.54 Å². The minimum atomic E-state index is -0.265. The second kappa shape index (κ2) is 5.75. The van der Waals surface area contributed by atoms with Gasteiger partial charge in [-0.2, -0.15) is 5.10 Å². The molecule has 106 valence electrons. The van der Waals surface area contributed by atoms with Crippen molar-refractivity contribution in [3.63, 3.8) is 0 Å². The van der Waals surface area contributed by atoms with E-state index in [9.17, 15) is 4.39 Å². The number of hydrogen-bond acceptors (Lipinski definition) is 3. The Morgan fingerprint density at radius 2 is 2.10 bits per heavy atom. The number of pyridine rings is 1. The SMILES string of the molecule is COc1cncc(Cn2ccc(-c3cccc(F)c3)n2)c1. The molecule has 0 saturated carbocycles. The van der Waals surface area contributed by atoms with Gasteiger partial charge in [0, 0.05) is 18.0 Å². The molecular formula is C16H14FN3O. The van der Waals surface area contributed by atoms with Crippen LogP contribution in [0.1, 0.15) is 5.56 Å². The third kappa shape index (κ3) is 3.08. The topological polar surface area (TPSA) is 39.9 Å². The number of aromatic nitrogens is 3. The van der Waals surface area contributed by atoms with E-state index in [0.29, 0.717) is 12.3 Å².